The molecule has 2 aliphatic carbocycles. The van der Waals surface area contributed by atoms with Gasteiger partial charge in [0.2, 0.25) is 5.91 Å². The van der Waals surface area contributed by atoms with Crippen molar-refractivity contribution in [2.45, 2.75) is 45.6 Å². The number of fused-ring (bicyclic) bond motifs is 1. The topological polar surface area (TPSA) is 29.1 Å². The molecule has 0 aromatic heterocycles. The maximum atomic E-state index is 12.1. The maximum Gasteiger partial charge on any atom is 0.223 e. The van der Waals surface area contributed by atoms with E-state index in [2.05, 4.69) is 35.1 Å². The van der Waals surface area contributed by atoms with Gasteiger partial charge in [-0.05, 0) is 37.0 Å². The summed E-state index contributed by atoms with van der Waals surface area (Å²) in [7, 11) is 0. The summed E-state index contributed by atoms with van der Waals surface area (Å²) in [5.74, 6) is 2.69. The lowest BCUT2D eigenvalue weighted by atomic mass is 10.0. The predicted molar refractivity (Wildman–Crippen MR) is 69.5 cm³/mol. The maximum absolute atomic E-state index is 12.1. The summed E-state index contributed by atoms with van der Waals surface area (Å²) in [4.78, 5) is 12.1. The first-order valence-electron chi connectivity index (χ1n) is 6.51. The van der Waals surface area contributed by atoms with Gasteiger partial charge in [-0.25, -0.2) is 0 Å². The molecular formula is C13H22BrNO. The second-order valence-corrected chi connectivity index (χ2v) is 6.41. The van der Waals surface area contributed by atoms with Crippen molar-refractivity contribution in [1.82, 2.24) is 5.32 Å². The van der Waals surface area contributed by atoms with Crippen molar-refractivity contribution in [2.75, 3.05) is 5.33 Å². The van der Waals surface area contributed by atoms with E-state index in [1.165, 1.54) is 19.3 Å². The van der Waals surface area contributed by atoms with Crippen LogP contribution in [0.4, 0.5) is 0 Å². The van der Waals surface area contributed by atoms with Crippen molar-refractivity contribution < 1.29 is 4.79 Å². The number of hydrogen-bond acceptors (Lipinski definition) is 1. The van der Waals surface area contributed by atoms with E-state index < -0.39 is 0 Å². The fraction of sp³-hybridized carbons (Fsp3) is 0.923. The van der Waals surface area contributed by atoms with Gasteiger partial charge in [0.25, 0.3) is 0 Å². The molecule has 0 aromatic rings. The third kappa shape index (κ3) is 2.44. The van der Waals surface area contributed by atoms with Gasteiger partial charge < -0.3 is 5.32 Å². The monoisotopic (exact) mass is 287 g/mol. The van der Waals surface area contributed by atoms with E-state index in [1.807, 2.05) is 0 Å². The minimum atomic E-state index is 0.328. The summed E-state index contributed by atoms with van der Waals surface area (Å²) < 4.78 is 0. The van der Waals surface area contributed by atoms with Crippen LogP contribution in [0.5, 0.6) is 0 Å². The van der Waals surface area contributed by atoms with Crippen LogP contribution < -0.4 is 5.32 Å². The number of alkyl halides is 1. The third-order valence-electron chi connectivity index (χ3n) is 4.26. The van der Waals surface area contributed by atoms with Gasteiger partial charge in [-0.3, -0.25) is 4.79 Å². The Balaban J connectivity index is 1.82. The van der Waals surface area contributed by atoms with Crippen LogP contribution in [0.2, 0.25) is 0 Å². The number of carbonyl (C=O) groups excluding carboxylic acids is 1. The molecule has 2 saturated carbocycles. The van der Waals surface area contributed by atoms with Crippen molar-refractivity contribution in [2.24, 2.45) is 23.7 Å². The molecule has 2 nitrogen and oxygen atoms in total. The van der Waals surface area contributed by atoms with Crippen LogP contribution in [0.25, 0.3) is 0 Å². The molecule has 2 fully saturated rings. The first-order chi connectivity index (χ1) is 7.65. The van der Waals surface area contributed by atoms with Crippen molar-refractivity contribution in [3.05, 3.63) is 0 Å². The molecule has 0 aliphatic heterocycles. The Morgan fingerprint density at radius 2 is 2.00 bits per heavy atom. The van der Waals surface area contributed by atoms with E-state index in [4.69, 9.17) is 0 Å². The van der Waals surface area contributed by atoms with Gasteiger partial charge in [-0.15, -0.1) is 0 Å². The van der Waals surface area contributed by atoms with Gasteiger partial charge in [0, 0.05) is 17.3 Å². The van der Waals surface area contributed by atoms with Crippen molar-refractivity contribution in [3.63, 3.8) is 0 Å². The SMILES string of the molecule is CC(C)C(CCBr)NC(=O)C1C2CCCC21. The molecule has 2 rings (SSSR count). The number of rotatable bonds is 5. The minimum Gasteiger partial charge on any atom is -0.353 e. The Morgan fingerprint density at radius 3 is 2.50 bits per heavy atom. The molecular weight excluding hydrogens is 266 g/mol. The average molecular weight is 288 g/mol. The first-order valence-corrected chi connectivity index (χ1v) is 7.63. The highest BCUT2D eigenvalue weighted by Gasteiger charge is 2.56. The summed E-state index contributed by atoms with van der Waals surface area (Å²) in [6.45, 7) is 4.36. The summed E-state index contributed by atoms with van der Waals surface area (Å²) in [5.41, 5.74) is 0. The zero-order valence-electron chi connectivity index (χ0n) is 10.2. The molecule has 1 amide bonds. The molecule has 3 unspecified atom stereocenters. The van der Waals surface area contributed by atoms with E-state index in [0.29, 0.717) is 23.8 Å². The van der Waals surface area contributed by atoms with Crippen LogP contribution in [0.1, 0.15) is 39.5 Å². The van der Waals surface area contributed by atoms with Gasteiger partial charge in [0.1, 0.15) is 0 Å². The Kier molecular flexibility index (Phi) is 3.93. The molecule has 0 heterocycles. The van der Waals surface area contributed by atoms with Crippen LogP contribution >= 0.6 is 15.9 Å². The molecule has 3 atom stereocenters. The lowest BCUT2D eigenvalue weighted by Gasteiger charge is -2.22. The predicted octanol–water partition coefficient (Wildman–Crippen LogP) is 2.96. The average Bonchev–Trinajstić information content (AvgIpc) is 2.72. The standard InChI is InChI=1S/C13H22BrNO/c1-8(2)11(6-7-14)15-13(16)12-9-4-3-5-10(9)12/h8-12H,3-7H2,1-2H3,(H,15,16). The fourth-order valence-electron chi connectivity index (χ4n) is 3.18. The molecule has 0 bridgehead atoms. The van der Waals surface area contributed by atoms with E-state index in [9.17, 15) is 4.79 Å². The van der Waals surface area contributed by atoms with E-state index in [1.54, 1.807) is 0 Å². The third-order valence-corrected chi connectivity index (χ3v) is 4.72. The van der Waals surface area contributed by atoms with E-state index in [-0.39, 0.29) is 0 Å². The Labute approximate surface area is 107 Å². The molecule has 0 aromatic carbocycles. The van der Waals surface area contributed by atoms with Crippen LogP contribution in [-0.4, -0.2) is 17.3 Å². The smallest absolute Gasteiger partial charge is 0.223 e. The zero-order chi connectivity index (χ0) is 11.7. The zero-order valence-corrected chi connectivity index (χ0v) is 11.8. The normalized spacial score (nSPS) is 33.6. The Hall–Kier alpha value is -0.0500. The molecule has 0 spiro atoms. The summed E-state index contributed by atoms with van der Waals surface area (Å²) >= 11 is 3.46. The summed E-state index contributed by atoms with van der Waals surface area (Å²) in [5, 5.41) is 4.20. The van der Waals surface area contributed by atoms with Crippen molar-refractivity contribution in [3.8, 4) is 0 Å². The Morgan fingerprint density at radius 1 is 1.38 bits per heavy atom. The van der Waals surface area contributed by atoms with Gasteiger partial charge in [0.15, 0.2) is 0 Å². The van der Waals surface area contributed by atoms with Crippen LogP contribution in [0.15, 0.2) is 0 Å². The molecule has 2 aliphatic rings. The number of halogens is 1. The van der Waals surface area contributed by atoms with Crippen molar-refractivity contribution >= 4 is 21.8 Å². The molecule has 92 valence electrons. The quantitative estimate of drug-likeness (QED) is 0.774. The lowest BCUT2D eigenvalue weighted by molar-refractivity contribution is -0.124. The van der Waals surface area contributed by atoms with Gasteiger partial charge >= 0.3 is 0 Å². The second kappa shape index (κ2) is 5.07. The summed E-state index contributed by atoms with van der Waals surface area (Å²) in [6, 6.07) is 0.341. The second-order valence-electron chi connectivity index (χ2n) is 5.62. The molecule has 1 N–H and O–H groups in total. The fourth-order valence-corrected chi connectivity index (χ4v) is 3.67. The highest BCUT2D eigenvalue weighted by atomic mass is 79.9. The van der Waals surface area contributed by atoms with Crippen LogP contribution in [-0.2, 0) is 4.79 Å². The minimum absolute atomic E-state index is 0.328. The number of hydrogen-bond donors (Lipinski definition) is 1. The van der Waals surface area contributed by atoms with Crippen LogP contribution in [0, 0.1) is 23.7 Å². The molecule has 0 radical (unpaired) electrons. The van der Waals surface area contributed by atoms with E-state index in [0.717, 1.165) is 23.6 Å². The van der Waals surface area contributed by atoms with Gasteiger partial charge in [0.05, 0.1) is 0 Å². The van der Waals surface area contributed by atoms with Gasteiger partial charge in [-0.2, -0.15) is 0 Å². The number of nitrogens with one attached hydrogen (secondary N) is 1. The first kappa shape index (κ1) is 12.4. The lowest BCUT2D eigenvalue weighted by Crippen LogP contribution is -2.40. The number of amides is 1. The highest BCUT2D eigenvalue weighted by molar-refractivity contribution is 9.09. The highest BCUT2D eigenvalue weighted by Crippen LogP contribution is 2.57. The Bertz CT molecular complexity index is 257. The summed E-state index contributed by atoms with van der Waals surface area (Å²) in [6.07, 6.45) is 4.95. The number of carbonyl (C=O) groups is 1. The molecule has 3 heteroatoms. The molecule has 0 saturated heterocycles. The van der Waals surface area contributed by atoms with Crippen LogP contribution in [0.3, 0.4) is 0 Å². The van der Waals surface area contributed by atoms with Crippen molar-refractivity contribution in [1.29, 1.82) is 0 Å². The molecule has 16 heavy (non-hydrogen) atoms. The largest absolute Gasteiger partial charge is 0.353 e. The van der Waals surface area contributed by atoms with Gasteiger partial charge in [-0.1, -0.05) is 36.2 Å². The van der Waals surface area contributed by atoms with E-state index >= 15 is 0 Å².